The van der Waals surface area contributed by atoms with E-state index < -0.39 is 30.4 Å². The number of hydrogen-bond donors (Lipinski definition) is 3. The highest BCUT2D eigenvalue weighted by molar-refractivity contribution is 5.99. The molecule has 164 valence electrons. The third kappa shape index (κ3) is 11.7. The molecule has 0 spiro atoms. The summed E-state index contributed by atoms with van der Waals surface area (Å²) in [5.41, 5.74) is 0.140. The molecular formula is C21H34N2O6. The van der Waals surface area contributed by atoms with Crippen LogP contribution in [0.25, 0.3) is 0 Å². The first kappa shape index (κ1) is 26.4. The van der Waals surface area contributed by atoms with E-state index in [2.05, 4.69) is 22.3 Å². The van der Waals surface area contributed by atoms with Crippen molar-refractivity contribution in [1.29, 1.82) is 0 Å². The van der Waals surface area contributed by atoms with Gasteiger partial charge in [-0.1, -0.05) is 50.8 Å². The van der Waals surface area contributed by atoms with Crippen LogP contribution in [0.15, 0.2) is 35.8 Å². The topological polar surface area (TPSA) is 114 Å². The molecule has 0 radical (unpaired) electrons. The second kappa shape index (κ2) is 16.4. The van der Waals surface area contributed by atoms with E-state index in [0.717, 1.165) is 26.2 Å². The standard InChI is InChI=1S/C21H34N2O6/c1-5-6-7-8-9-10-11-12-13-16(2)19(25)22-17(14-24)20(26)23-18(15-28-3)21(27)29-4/h11-13,15,17,24H,5-10,14H2,1-4H3,(H,22,25)(H,23,26)/b12-11+,16-13+,18-15-. The van der Waals surface area contributed by atoms with E-state index in [-0.39, 0.29) is 5.70 Å². The van der Waals surface area contributed by atoms with E-state index in [0.29, 0.717) is 5.57 Å². The molecule has 8 nitrogen and oxygen atoms in total. The van der Waals surface area contributed by atoms with Gasteiger partial charge in [-0.2, -0.15) is 0 Å². The Kier molecular flexibility index (Phi) is 14.9. The summed E-state index contributed by atoms with van der Waals surface area (Å²) in [7, 11) is 2.45. The van der Waals surface area contributed by atoms with Crippen LogP contribution in [0.1, 0.15) is 52.4 Å². The number of carbonyl (C=O) groups is 3. The Morgan fingerprint density at radius 1 is 1.10 bits per heavy atom. The number of methoxy groups -OCH3 is 2. The number of nitrogens with one attached hydrogen (secondary N) is 2. The van der Waals surface area contributed by atoms with Gasteiger partial charge in [-0.25, -0.2) is 4.79 Å². The van der Waals surface area contributed by atoms with Crippen molar-refractivity contribution in [2.75, 3.05) is 20.8 Å². The van der Waals surface area contributed by atoms with Gasteiger partial charge < -0.3 is 25.2 Å². The third-order valence-electron chi connectivity index (χ3n) is 4.02. The second-order valence-corrected chi connectivity index (χ2v) is 6.44. The van der Waals surface area contributed by atoms with Crippen molar-refractivity contribution in [3.8, 4) is 0 Å². The number of unbranched alkanes of at least 4 members (excludes halogenated alkanes) is 5. The maximum atomic E-state index is 12.2. The van der Waals surface area contributed by atoms with E-state index in [1.54, 1.807) is 19.1 Å². The van der Waals surface area contributed by atoms with Crippen LogP contribution >= 0.6 is 0 Å². The molecule has 0 aliphatic heterocycles. The maximum Gasteiger partial charge on any atom is 0.357 e. The number of carbonyl (C=O) groups excluding carboxylic acids is 3. The van der Waals surface area contributed by atoms with Gasteiger partial charge in [0.05, 0.1) is 20.8 Å². The highest BCUT2D eigenvalue weighted by Crippen LogP contribution is 2.06. The summed E-state index contributed by atoms with van der Waals surface area (Å²) in [6.45, 7) is 3.15. The van der Waals surface area contributed by atoms with Gasteiger partial charge in [0.2, 0.25) is 11.8 Å². The minimum Gasteiger partial charge on any atom is -0.502 e. The van der Waals surface area contributed by atoms with Crippen molar-refractivity contribution >= 4 is 17.8 Å². The van der Waals surface area contributed by atoms with Gasteiger partial charge in [0, 0.05) is 5.57 Å². The summed E-state index contributed by atoms with van der Waals surface area (Å²) in [5.74, 6) is -2.09. The molecule has 0 aromatic heterocycles. The zero-order valence-corrected chi connectivity index (χ0v) is 17.8. The lowest BCUT2D eigenvalue weighted by molar-refractivity contribution is -0.138. The Morgan fingerprint density at radius 3 is 2.38 bits per heavy atom. The fraction of sp³-hybridized carbons (Fsp3) is 0.571. The first-order chi connectivity index (χ1) is 13.9. The molecule has 0 aromatic rings. The quantitative estimate of drug-likeness (QED) is 0.133. The van der Waals surface area contributed by atoms with Gasteiger partial charge in [-0.05, 0) is 19.8 Å². The van der Waals surface area contributed by atoms with Crippen molar-refractivity contribution < 1.29 is 29.0 Å². The van der Waals surface area contributed by atoms with E-state index in [1.807, 2.05) is 6.08 Å². The van der Waals surface area contributed by atoms with Gasteiger partial charge in [0.15, 0.2) is 5.70 Å². The molecule has 1 unspecified atom stereocenters. The number of hydrogen-bond acceptors (Lipinski definition) is 6. The molecule has 0 aromatic carbocycles. The highest BCUT2D eigenvalue weighted by Gasteiger charge is 2.23. The number of esters is 1. The molecule has 2 amide bonds. The Hall–Kier alpha value is -2.61. The molecule has 0 fully saturated rings. The predicted octanol–water partition coefficient (Wildman–Crippen LogP) is 2.10. The maximum absolute atomic E-state index is 12.2. The molecule has 29 heavy (non-hydrogen) atoms. The van der Waals surface area contributed by atoms with Gasteiger partial charge in [-0.3, -0.25) is 9.59 Å². The monoisotopic (exact) mass is 410 g/mol. The van der Waals surface area contributed by atoms with Crippen LogP contribution in [-0.2, 0) is 23.9 Å². The molecule has 0 saturated carbocycles. The summed E-state index contributed by atoms with van der Waals surface area (Å²) in [5, 5.41) is 14.1. The Labute approximate surface area is 173 Å². The average Bonchev–Trinajstić information content (AvgIpc) is 2.72. The summed E-state index contributed by atoms with van der Waals surface area (Å²) in [4.78, 5) is 36.0. The lowest BCUT2D eigenvalue weighted by atomic mass is 10.1. The second-order valence-electron chi connectivity index (χ2n) is 6.44. The number of allylic oxidation sites excluding steroid dienone is 3. The summed E-state index contributed by atoms with van der Waals surface area (Å²) in [6.07, 6.45) is 13.4. The van der Waals surface area contributed by atoms with Crippen LogP contribution in [0.4, 0.5) is 0 Å². The minimum atomic E-state index is -1.24. The first-order valence-corrected chi connectivity index (χ1v) is 9.78. The zero-order valence-electron chi connectivity index (χ0n) is 17.8. The van der Waals surface area contributed by atoms with E-state index in [4.69, 9.17) is 4.74 Å². The van der Waals surface area contributed by atoms with Crippen LogP contribution in [0.2, 0.25) is 0 Å². The normalized spacial score (nSPS) is 13.1. The van der Waals surface area contributed by atoms with Crippen LogP contribution in [-0.4, -0.2) is 49.8 Å². The van der Waals surface area contributed by atoms with Crippen LogP contribution < -0.4 is 10.6 Å². The highest BCUT2D eigenvalue weighted by atomic mass is 16.5. The number of rotatable bonds is 14. The van der Waals surface area contributed by atoms with Gasteiger partial charge in [0.1, 0.15) is 12.3 Å². The lowest BCUT2D eigenvalue weighted by Crippen LogP contribution is -2.49. The van der Waals surface area contributed by atoms with E-state index in [9.17, 15) is 19.5 Å². The van der Waals surface area contributed by atoms with Crippen molar-refractivity contribution in [1.82, 2.24) is 10.6 Å². The number of aliphatic hydroxyl groups is 1. The average molecular weight is 411 g/mol. The zero-order chi connectivity index (χ0) is 22.1. The largest absolute Gasteiger partial charge is 0.502 e. The van der Waals surface area contributed by atoms with Crippen molar-refractivity contribution in [3.63, 3.8) is 0 Å². The van der Waals surface area contributed by atoms with Crippen molar-refractivity contribution in [3.05, 3.63) is 35.8 Å². The van der Waals surface area contributed by atoms with Crippen LogP contribution in [0.5, 0.6) is 0 Å². The van der Waals surface area contributed by atoms with E-state index in [1.165, 1.54) is 32.8 Å². The number of ether oxygens (including phenoxy) is 2. The molecule has 0 rings (SSSR count). The molecule has 3 N–H and O–H groups in total. The van der Waals surface area contributed by atoms with Crippen LogP contribution in [0, 0.1) is 0 Å². The third-order valence-corrected chi connectivity index (χ3v) is 4.02. The number of amides is 2. The predicted molar refractivity (Wildman–Crippen MR) is 111 cm³/mol. The van der Waals surface area contributed by atoms with Crippen molar-refractivity contribution in [2.45, 2.75) is 58.4 Å². The molecule has 0 aliphatic rings. The number of aliphatic hydroxyl groups excluding tert-OH is 1. The van der Waals surface area contributed by atoms with Gasteiger partial charge in [0.25, 0.3) is 0 Å². The molecule has 0 aliphatic carbocycles. The summed E-state index contributed by atoms with van der Waals surface area (Å²) in [6, 6.07) is -1.24. The molecule has 0 heterocycles. The fourth-order valence-electron chi connectivity index (χ4n) is 2.29. The van der Waals surface area contributed by atoms with E-state index >= 15 is 0 Å². The SMILES string of the molecule is CCCCCCC/C=C/C=C(\C)C(=O)NC(CO)C(=O)N/C(=C\OC)C(=O)OC. The molecule has 0 saturated heterocycles. The minimum absolute atomic E-state index is 0.248. The lowest BCUT2D eigenvalue weighted by Gasteiger charge is -2.17. The fourth-order valence-corrected chi connectivity index (χ4v) is 2.29. The smallest absolute Gasteiger partial charge is 0.357 e. The van der Waals surface area contributed by atoms with Gasteiger partial charge >= 0.3 is 5.97 Å². The van der Waals surface area contributed by atoms with Crippen LogP contribution in [0.3, 0.4) is 0 Å². The Bertz CT molecular complexity index is 610. The van der Waals surface area contributed by atoms with Crippen molar-refractivity contribution in [2.24, 2.45) is 0 Å². The molecule has 8 heteroatoms. The Balaban J connectivity index is 4.66. The molecular weight excluding hydrogens is 376 g/mol. The molecule has 0 bridgehead atoms. The first-order valence-electron chi connectivity index (χ1n) is 9.78. The Morgan fingerprint density at radius 2 is 1.79 bits per heavy atom. The summed E-state index contributed by atoms with van der Waals surface area (Å²) < 4.78 is 9.23. The summed E-state index contributed by atoms with van der Waals surface area (Å²) >= 11 is 0. The van der Waals surface area contributed by atoms with Gasteiger partial charge in [-0.15, -0.1) is 0 Å². The molecule has 1 atom stereocenters.